The zero-order chi connectivity index (χ0) is 25.5. The molecular formula is C29H34O6. The summed E-state index contributed by atoms with van der Waals surface area (Å²) in [5, 5.41) is 12.7. The molecule has 2 bridgehead atoms. The highest BCUT2D eigenvalue weighted by Gasteiger charge is 2.77. The zero-order valence-corrected chi connectivity index (χ0v) is 21.2. The van der Waals surface area contributed by atoms with Crippen molar-refractivity contribution in [3.8, 4) is 0 Å². The Morgan fingerprint density at radius 2 is 1.66 bits per heavy atom. The van der Waals surface area contributed by atoms with E-state index in [1.807, 2.05) is 19.1 Å². The van der Waals surface area contributed by atoms with Gasteiger partial charge < -0.3 is 14.6 Å². The van der Waals surface area contributed by atoms with Crippen molar-refractivity contribution in [1.29, 1.82) is 0 Å². The van der Waals surface area contributed by atoms with Crippen molar-refractivity contribution >= 4 is 17.7 Å². The fraction of sp³-hybridized carbons (Fsp3) is 0.552. The Bertz CT molecular complexity index is 1160. The smallest absolute Gasteiger partial charge is 0.338 e. The zero-order valence-electron chi connectivity index (χ0n) is 21.2. The molecule has 4 aliphatic carbocycles. The summed E-state index contributed by atoms with van der Waals surface area (Å²) in [7, 11) is 0. The van der Waals surface area contributed by atoms with Crippen LogP contribution in [0.5, 0.6) is 0 Å². The third kappa shape index (κ3) is 3.08. The summed E-state index contributed by atoms with van der Waals surface area (Å²) >= 11 is 0. The average Bonchev–Trinajstić information content (AvgIpc) is 3.29. The number of carbonyl (C=O) groups excluding carboxylic acids is 3. The number of benzene rings is 1. The molecule has 5 rings (SSSR count). The quantitative estimate of drug-likeness (QED) is 0.515. The largest absolute Gasteiger partial charge is 0.455 e. The highest BCUT2D eigenvalue weighted by atomic mass is 16.6. The van der Waals surface area contributed by atoms with Crippen molar-refractivity contribution in [3.63, 3.8) is 0 Å². The monoisotopic (exact) mass is 478 g/mol. The van der Waals surface area contributed by atoms with E-state index in [0.717, 1.165) is 6.42 Å². The Balaban J connectivity index is 1.68. The van der Waals surface area contributed by atoms with Crippen LogP contribution in [-0.2, 0) is 19.1 Å². The number of hydrogen-bond donors (Lipinski definition) is 1. The Labute approximate surface area is 206 Å². The Morgan fingerprint density at radius 1 is 1.03 bits per heavy atom. The van der Waals surface area contributed by atoms with Crippen LogP contribution in [0.25, 0.3) is 0 Å². The number of aliphatic hydroxyl groups is 1. The molecule has 6 nitrogen and oxygen atoms in total. The van der Waals surface area contributed by atoms with E-state index >= 15 is 0 Å². The number of allylic oxidation sites excluding steroid dienone is 1. The lowest BCUT2D eigenvalue weighted by Crippen LogP contribution is -2.66. The molecule has 1 aromatic carbocycles. The van der Waals surface area contributed by atoms with E-state index in [1.54, 1.807) is 44.2 Å². The highest BCUT2D eigenvalue weighted by molar-refractivity contribution is 5.96. The number of carbonyl (C=O) groups is 3. The van der Waals surface area contributed by atoms with Gasteiger partial charge in [0.05, 0.1) is 11.0 Å². The van der Waals surface area contributed by atoms with Crippen LogP contribution in [0, 0.1) is 34.5 Å². The normalized spacial score (nSPS) is 40.8. The van der Waals surface area contributed by atoms with E-state index in [4.69, 9.17) is 9.47 Å². The van der Waals surface area contributed by atoms with E-state index in [9.17, 15) is 19.5 Å². The van der Waals surface area contributed by atoms with Crippen LogP contribution in [0.3, 0.4) is 0 Å². The number of fused-ring (bicyclic) bond motifs is 3. The van der Waals surface area contributed by atoms with Crippen LogP contribution in [0.15, 0.2) is 53.6 Å². The molecule has 2 unspecified atom stereocenters. The number of ketones is 1. The third-order valence-electron chi connectivity index (χ3n) is 9.33. The minimum atomic E-state index is -1.96. The van der Waals surface area contributed by atoms with E-state index in [1.165, 1.54) is 6.92 Å². The SMILES string of the molecule is CC(=O)O[C@@H]1C(C)=C[C@H]2C(=O)C3(C=C(C)[C@H](OC(=O)c4ccccc4)[C@@]13O)[C@H](C)CC1[C@H]2C1(C)C. The van der Waals surface area contributed by atoms with Crippen LogP contribution in [0.4, 0.5) is 0 Å². The lowest BCUT2D eigenvalue weighted by atomic mass is 9.59. The van der Waals surface area contributed by atoms with Gasteiger partial charge in [0, 0.05) is 12.8 Å². The van der Waals surface area contributed by atoms with E-state index in [-0.39, 0.29) is 23.0 Å². The highest BCUT2D eigenvalue weighted by Crippen LogP contribution is 2.71. The van der Waals surface area contributed by atoms with Crippen LogP contribution in [0.2, 0.25) is 0 Å². The van der Waals surface area contributed by atoms with Gasteiger partial charge in [0.1, 0.15) is 0 Å². The lowest BCUT2D eigenvalue weighted by molar-refractivity contribution is -0.202. The number of Topliss-reactive ketones (excluding diaryl/α,β-unsaturated/α-hetero) is 1. The molecule has 6 heteroatoms. The maximum atomic E-state index is 14.5. The molecule has 0 amide bonds. The van der Waals surface area contributed by atoms with E-state index < -0.39 is 41.1 Å². The molecule has 1 N–H and O–H groups in total. The number of esters is 2. The molecule has 2 saturated carbocycles. The summed E-state index contributed by atoms with van der Waals surface area (Å²) < 4.78 is 11.7. The van der Waals surface area contributed by atoms with Gasteiger partial charge in [-0.25, -0.2) is 4.79 Å². The number of rotatable bonds is 3. The molecular weight excluding hydrogens is 444 g/mol. The predicted molar refractivity (Wildman–Crippen MR) is 129 cm³/mol. The molecule has 35 heavy (non-hydrogen) atoms. The standard InChI is InChI=1S/C29H34O6/c1-15-12-20-22-21(27(22,5)6)13-17(3)28(23(20)31)14-16(2)25(29(28,33)24(15)34-18(4)30)35-26(32)19-10-8-7-9-11-19/h7-12,14,17,20-22,24-25,33H,13H2,1-6H3/t17-,20-,21?,22+,24-,25+,28?,29+/m1/s1. The fourth-order valence-corrected chi connectivity index (χ4v) is 7.65. The molecule has 0 saturated heterocycles. The molecule has 1 spiro atoms. The molecule has 0 heterocycles. The van der Waals surface area contributed by atoms with Crippen LogP contribution in [0.1, 0.15) is 58.3 Å². The first-order valence-electron chi connectivity index (χ1n) is 12.4. The molecule has 1 aromatic rings. The first-order valence-corrected chi connectivity index (χ1v) is 12.4. The fourth-order valence-electron chi connectivity index (χ4n) is 7.65. The second-order valence-electron chi connectivity index (χ2n) is 11.6. The van der Waals surface area contributed by atoms with Gasteiger partial charge in [0.15, 0.2) is 23.6 Å². The van der Waals surface area contributed by atoms with Crippen molar-refractivity contribution in [3.05, 3.63) is 59.2 Å². The second-order valence-corrected chi connectivity index (χ2v) is 11.6. The Hall–Kier alpha value is -2.73. The van der Waals surface area contributed by atoms with Crippen molar-refractivity contribution < 1.29 is 29.0 Å². The van der Waals surface area contributed by atoms with E-state index in [2.05, 4.69) is 13.8 Å². The molecule has 4 aliphatic rings. The number of ether oxygens (including phenoxy) is 2. The van der Waals surface area contributed by atoms with Crippen LogP contribution in [-0.4, -0.2) is 40.6 Å². The van der Waals surface area contributed by atoms with Gasteiger partial charge in [-0.3, -0.25) is 9.59 Å². The van der Waals surface area contributed by atoms with Crippen LogP contribution >= 0.6 is 0 Å². The summed E-state index contributed by atoms with van der Waals surface area (Å²) in [6.07, 6.45) is 2.20. The van der Waals surface area contributed by atoms with Crippen molar-refractivity contribution in [2.75, 3.05) is 0 Å². The minimum Gasteiger partial charge on any atom is -0.455 e. The predicted octanol–water partition coefficient (Wildman–Crippen LogP) is 4.28. The van der Waals surface area contributed by atoms with Crippen molar-refractivity contribution in [1.82, 2.24) is 0 Å². The van der Waals surface area contributed by atoms with Gasteiger partial charge in [-0.05, 0) is 66.7 Å². The van der Waals surface area contributed by atoms with Gasteiger partial charge in [-0.2, -0.15) is 0 Å². The van der Waals surface area contributed by atoms with E-state index in [0.29, 0.717) is 22.6 Å². The molecule has 0 aromatic heterocycles. The minimum absolute atomic E-state index is 0.0168. The summed E-state index contributed by atoms with van der Waals surface area (Å²) in [5.74, 6) is -1.38. The average molecular weight is 479 g/mol. The topological polar surface area (TPSA) is 89.9 Å². The second kappa shape index (κ2) is 7.63. The molecule has 0 aliphatic heterocycles. The van der Waals surface area contributed by atoms with Crippen molar-refractivity contribution in [2.45, 2.75) is 65.8 Å². The molecule has 8 atom stereocenters. The lowest BCUT2D eigenvalue weighted by Gasteiger charge is -2.49. The summed E-state index contributed by atoms with van der Waals surface area (Å²) in [6.45, 7) is 11.3. The van der Waals surface area contributed by atoms with Gasteiger partial charge >= 0.3 is 11.9 Å². The molecule has 0 radical (unpaired) electrons. The Morgan fingerprint density at radius 3 is 2.29 bits per heavy atom. The summed E-state index contributed by atoms with van der Waals surface area (Å²) in [4.78, 5) is 39.9. The summed E-state index contributed by atoms with van der Waals surface area (Å²) in [6, 6.07) is 8.56. The van der Waals surface area contributed by atoms with Gasteiger partial charge in [0.2, 0.25) is 0 Å². The first kappa shape index (κ1) is 24.0. The maximum Gasteiger partial charge on any atom is 0.338 e. The van der Waals surface area contributed by atoms with Crippen LogP contribution < -0.4 is 0 Å². The Kier molecular flexibility index (Phi) is 5.23. The molecule has 186 valence electrons. The third-order valence-corrected chi connectivity index (χ3v) is 9.33. The van der Waals surface area contributed by atoms with Gasteiger partial charge in [-0.1, -0.05) is 51.1 Å². The number of hydrogen-bond acceptors (Lipinski definition) is 6. The molecule has 2 fully saturated rings. The van der Waals surface area contributed by atoms with Crippen molar-refractivity contribution in [2.24, 2.45) is 34.5 Å². The first-order chi connectivity index (χ1) is 16.4. The van der Waals surface area contributed by atoms with Gasteiger partial charge in [0.25, 0.3) is 0 Å². The maximum absolute atomic E-state index is 14.5. The summed E-state index contributed by atoms with van der Waals surface area (Å²) in [5.41, 5.74) is -1.74. The van der Waals surface area contributed by atoms with Gasteiger partial charge in [-0.15, -0.1) is 0 Å².